The van der Waals surface area contributed by atoms with Crippen LogP contribution in [0, 0.1) is 0 Å². The molecule has 6 heteroatoms. The van der Waals surface area contributed by atoms with Gasteiger partial charge in [0.05, 0.1) is 5.56 Å². The molecule has 1 aromatic carbocycles. The van der Waals surface area contributed by atoms with Gasteiger partial charge in [-0.3, -0.25) is 4.57 Å². The van der Waals surface area contributed by atoms with Crippen molar-refractivity contribution in [3.8, 4) is 28.7 Å². The maximum Gasteiger partial charge on any atom is 0.262 e. The van der Waals surface area contributed by atoms with Gasteiger partial charge in [0.15, 0.2) is 5.82 Å². The average molecular weight is 289 g/mol. The van der Waals surface area contributed by atoms with Crippen LogP contribution in [-0.2, 0) is 0 Å². The molecule has 0 amide bonds. The molecule has 0 aliphatic rings. The van der Waals surface area contributed by atoms with E-state index in [2.05, 4.69) is 20.1 Å². The number of hydrogen-bond donors (Lipinski definition) is 0. The van der Waals surface area contributed by atoms with Gasteiger partial charge < -0.3 is 4.52 Å². The Morgan fingerprint density at radius 1 is 0.955 bits per heavy atom. The normalized spacial score (nSPS) is 10.7. The fourth-order valence-electron chi connectivity index (χ4n) is 2.19. The summed E-state index contributed by atoms with van der Waals surface area (Å²) in [4.78, 5) is 12.9. The number of imidazole rings is 1. The number of nitrogens with zero attached hydrogens (tertiary/aromatic N) is 5. The van der Waals surface area contributed by atoms with Crippen molar-refractivity contribution in [1.82, 2.24) is 24.7 Å². The van der Waals surface area contributed by atoms with Crippen LogP contribution in [0.5, 0.6) is 0 Å². The van der Waals surface area contributed by atoms with E-state index in [0.29, 0.717) is 17.5 Å². The zero-order valence-corrected chi connectivity index (χ0v) is 11.5. The maximum absolute atomic E-state index is 5.41. The van der Waals surface area contributed by atoms with Crippen molar-refractivity contribution in [3.05, 3.63) is 67.4 Å². The second-order valence-corrected chi connectivity index (χ2v) is 4.63. The second-order valence-electron chi connectivity index (χ2n) is 4.63. The highest BCUT2D eigenvalue weighted by Crippen LogP contribution is 2.25. The minimum atomic E-state index is 0.427. The van der Waals surface area contributed by atoms with E-state index in [0.717, 1.165) is 11.1 Å². The van der Waals surface area contributed by atoms with Gasteiger partial charge in [-0.2, -0.15) is 4.98 Å². The standard InChI is InChI=1S/C16H11N5O/c1-2-5-12(6-3-1)14-19-16(22-20-14)13-7-4-8-18-15(13)21-10-9-17-11-21/h1-11H. The minimum Gasteiger partial charge on any atom is -0.333 e. The molecule has 0 fully saturated rings. The van der Waals surface area contributed by atoms with Crippen LogP contribution in [-0.4, -0.2) is 24.7 Å². The minimum absolute atomic E-state index is 0.427. The van der Waals surface area contributed by atoms with Crippen LogP contribution in [0.1, 0.15) is 0 Å². The van der Waals surface area contributed by atoms with Crippen LogP contribution in [0.15, 0.2) is 71.9 Å². The summed E-state index contributed by atoms with van der Waals surface area (Å²) in [5.41, 5.74) is 1.67. The Labute approximate surface area is 126 Å². The van der Waals surface area contributed by atoms with Crippen molar-refractivity contribution in [1.29, 1.82) is 0 Å². The predicted molar refractivity (Wildman–Crippen MR) is 80.1 cm³/mol. The second kappa shape index (κ2) is 5.25. The predicted octanol–water partition coefficient (Wildman–Crippen LogP) is 2.98. The van der Waals surface area contributed by atoms with E-state index in [1.807, 2.05) is 53.2 Å². The van der Waals surface area contributed by atoms with Crippen LogP contribution < -0.4 is 0 Å². The first kappa shape index (κ1) is 12.5. The van der Waals surface area contributed by atoms with Gasteiger partial charge in [0.25, 0.3) is 5.89 Å². The molecule has 0 aliphatic carbocycles. The molecule has 4 rings (SSSR count). The van der Waals surface area contributed by atoms with Crippen LogP contribution in [0.2, 0.25) is 0 Å². The van der Waals surface area contributed by atoms with Crippen molar-refractivity contribution < 1.29 is 4.52 Å². The van der Waals surface area contributed by atoms with E-state index in [-0.39, 0.29) is 0 Å². The van der Waals surface area contributed by atoms with Crippen molar-refractivity contribution in [3.63, 3.8) is 0 Å². The van der Waals surface area contributed by atoms with Gasteiger partial charge in [-0.25, -0.2) is 9.97 Å². The summed E-state index contributed by atoms with van der Waals surface area (Å²) in [5, 5.41) is 4.05. The number of pyridine rings is 1. The number of hydrogen-bond acceptors (Lipinski definition) is 5. The van der Waals surface area contributed by atoms with E-state index in [4.69, 9.17) is 4.52 Å². The third-order valence-corrected chi connectivity index (χ3v) is 3.22. The summed E-state index contributed by atoms with van der Waals surface area (Å²) in [6.45, 7) is 0. The summed E-state index contributed by atoms with van der Waals surface area (Å²) in [6, 6.07) is 13.4. The Bertz CT molecular complexity index is 884. The molecule has 6 nitrogen and oxygen atoms in total. The number of benzene rings is 1. The summed E-state index contributed by atoms with van der Waals surface area (Å²) in [7, 11) is 0. The van der Waals surface area contributed by atoms with Gasteiger partial charge in [-0.15, -0.1) is 0 Å². The molecular weight excluding hydrogens is 278 g/mol. The summed E-state index contributed by atoms with van der Waals surface area (Å²) in [6.07, 6.45) is 6.91. The van der Waals surface area contributed by atoms with Crippen LogP contribution >= 0.6 is 0 Å². The van der Waals surface area contributed by atoms with Crippen LogP contribution in [0.25, 0.3) is 28.7 Å². The quantitative estimate of drug-likeness (QED) is 0.580. The molecular formula is C16H11N5O. The molecule has 0 unspecified atom stereocenters. The third-order valence-electron chi connectivity index (χ3n) is 3.22. The SMILES string of the molecule is c1ccc(-c2noc(-c3cccnc3-n3ccnc3)n2)cc1. The highest BCUT2D eigenvalue weighted by molar-refractivity contribution is 5.65. The molecule has 0 saturated heterocycles. The van der Waals surface area contributed by atoms with Crippen molar-refractivity contribution >= 4 is 0 Å². The molecule has 3 heterocycles. The molecule has 0 spiro atoms. The van der Waals surface area contributed by atoms with E-state index >= 15 is 0 Å². The lowest BCUT2D eigenvalue weighted by molar-refractivity contribution is 0.432. The Morgan fingerprint density at radius 3 is 2.68 bits per heavy atom. The molecule has 4 aromatic rings. The Hall–Kier alpha value is -3.28. The zero-order chi connectivity index (χ0) is 14.8. The van der Waals surface area contributed by atoms with E-state index in [1.54, 1.807) is 18.7 Å². The van der Waals surface area contributed by atoms with Gasteiger partial charge in [-0.1, -0.05) is 35.5 Å². The molecule has 0 atom stereocenters. The smallest absolute Gasteiger partial charge is 0.262 e. The summed E-state index contributed by atoms with van der Waals surface area (Å²) < 4.78 is 7.22. The monoisotopic (exact) mass is 289 g/mol. The van der Waals surface area contributed by atoms with Crippen LogP contribution in [0.3, 0.4) is 0 Å². The molecule has 0 saturated carbocycles. The van der Waals surface area contributed by atoms with Gasteiger partial charge in [0.2, 0.25) is 5.82 Å². The number of aromatic nitrogens is 5. The highest BCUT2D eigenvalue weighted by Gasteiger charge is 2.15. The lowest BCUT2D eigenvalue weighted by Crippen LogP contribution is -1.97. The Morgan fingerprint density at radius 2 is 1.86 bits per heavy atom. The molecule has 3 aromatic heterocycles. The maximum atomic E-state index is 5.41. The average Bonchev–Trinajstić information content (AvgIpc) is 3.28. The fourth-order valence-corrected chi connectivity index (χ4v) is 2.19. The topological polar surface area (TPSA) is 69.6 Å². The molecule has 22 heavy (non-hydrogen) atoms. The molecule has 0 radical (unpaired) electrons. The Balaban J connectivity index is 1.80. The van der Waals surface area contributed by atoms with Gasteiger partial charge in [0, 0.05) is 24.2 Å². The van der Waals surface area contributed by atoms with Gasteiger partial charge in [0.1, 0.15) is 6.33 Å². The van der Waals surface area contributed by atoms with Crippen molar-refractivity contribution in [2.45, 2.75) is 0 Å². The van der Waals surface area contributed by atoms with E-state index in [1.165, 1.54) is 0 Å². The van der Waals surface area contributed by atoms with Crippen molar-refractivity contribution in [2.75, 3.05) is 0 Å². The molecule has 106 valence electrons. The van der Waals surface area contributed by atoms with Gasteiger partial charge >= 0.3 is 0 Å². The van der Waals surface area contributed by atoms with Crippen LogP contribution in [0.4, 0.5) is 0 Å². The van der Waals surface area contributed by atoms with E-state index in [9.17, 15) is 0 Å². The Kier molecular flexibility index (Phi) is 2.97. The lowest BCUT2D eigenvalue weighted by atomic mass is 10.2. The zero-order valence-electron chi connectivity index (χ0n) is 11.5. The molecule has 0 N–H and O–H groups in total. The fraction of sp³-hybridized carbons (Fsp3) is 0. The summed E-state index contributed by atoms with van der Waals surface area (Å²) >= 11 is 0. The first-order chi connectivity index (χ1) is 10.9. The first-order valence-electron chi connectivity index (χ1n) is 6.75. The highest BCUT2D eigenvalue weighted by atomic mass is 16.5. The summed E-state index contributed by atoms with van der Waals surface area (Å²) in [5.74, 6) is 1.68. The first-order valence-corrected chi connectivity index (χ1v) is 6.75. The van der Waals surface area contributed by atoms with Crippen molar-refractivity contribution in [2.24, 2.45) is 0 Å². The molecule has 0 aliphatic heterocycles. The van der Waals surface area contributed by atoms with E-state index < -0.39 is 0 Å². The molecule has 0 bridgehead atoms. The third kappa shape index (κ3) is 2.16. The number of rotatable bonds is 3. The van der Waals surface area contributed by atoms with Gasteiger partial charge in [-0.05, 0) is 12.1 Å². The lowest BCUT2D eigenvalue weighted by Gasteiger charge is -2.04. The largest absolute Gasteiger partial charge is 0.333 e.